The van der Waals surface area contributed by atoms with Crippen molar-refractivity contribution in [2.45, 2.75) is 18.2 Å². The fraction of sp³-hybridized carbons (Fsp3) is 0.231. The summed E-state index contributed by atoms with van der Waals surface area (Å²) in [5.41, 5.74) is 4.75. The van der Waals surface area contributed by atoms with E-state index in [1.807, 2.05) is 80.6 Å². The maximum Gasteiger partial charge on any atom is 0.296 e. The second-order valence-electron chi connectivity index (χ2n) is 8.27. The first-order valence-electron chi connectivity index (χ1n) is 11.2. The minimum Gasteiger partial charge on any atom is -0.494 e. The predicted molar refractivity (Wildman–Crippen MR) is 136 cm³/mol. The van der Waals surface area contributed by atoms with Crippen LogP contribution < -0.4 is 9.64 Å². The molecule has 1 heterocycles. The molecule has 1 aromatic heterocycles. The molecule has 0 aliphatic rings. The van der Waals surface area contributed by atoms with Gasteiger partial charge in [-0.15, -0.1) is 5.10 Å². The van der Waals surface area contributed by atoms with Crippen LogP contribution in [-0.4, -0.2) is 50.7 Å². The molecule has 3 aromatic carbocycles. The predicted octanol–water partition coefficient (Wildman–Crippen LogP) is 4.48. The van der Waals surface area contributed by atoms with E-state index in [9.17, 15) is 8.42 Å². The number of anilines is 1. The summed E-state index contributed by atoms with van der Waals surface area (Å²) in [6.45, 7) is 2.28. The molecule has 0 spiro atoms. The van der Waals surface area contributed by atoms with Crippen molar-refractivity contribution >= 4 is 15.8 Å². The normalized spacial score (nSPS) is 11.4. The molecule has 0 bridgehead atoms. The van der Waals surface area contributed by atoms with Crippen molar-refractivity contribution in [2.24, 2.45) is 0 Å². The Morgan fingerprint density at radius 1 is 0.886 bits per heavy atom. The van der Waals surface area contributed by atoms with Crippen LogP contribution in [0, 0.1) is 6.92 Å². The highest BCUT2D eigenvalue weighted by Crippen LogP contribution is 2.22. The van der Waals surface area contributed by atoms with E-state index in [-0.39, 0.29) is 11.5 Å². The minimum absolute atomic E-state index is 0.0472. The zero-order valence-corrected chi connectivity index (χ0v) is 20.8. The van der Waals surface area contributed by atoms with Crippen molar-refractivity contribution < 1.29 is 17.3 Å². The number of hydrogen-bond donors (Lipinski definition) is 0. The van der Waals surface area contributed by atoms with Crippen LogP contribution in [0.5, 0.6) is 5.75 Å². The topological polar surface area (TPSA) is 86.6 Å². The van der Waals surface area contributed by atoms with E-state index in [4.69, 9.17) is 8.92 Å². The quantitative estimate of drug-likeness (QED) is 0.238. The van der Waals surface area contributed by atoms with Gasteiger partial charge in [0.2, 0.25) is 0 Å². The van der Waals surface area contributed by atoms with Gasteiger partial charge in [-0.2, -0.15) is 8.42 Å². The van der Waals surface area contributed by atoms with E-state index in [1.165, 1.54) is 0 Å². The Hall–Kier alpha value is -3.69. The summed E-state index contributed by atoms with van der Waals surface area (Å²) < 4.78 is 36.9. The lowest BCUT2D eigenvalue weighted by atomic mass is 10.1. The van der Waals surface area contributed by atoms with Crippen LogP contribution in [0.1, 0.15) is 12.0 Å². The van der Waals surface area contributed by atoms with Gasteiger partial charge in [-0.3, -0.25) is 4.18 Å². The van der Waals surface area contributed by atoms with E-state index in [2.05, 4.69) is 10.3 Å². The average Bonchev–Trinajstić information content (AvgIpc) is 3.35. The van der Waals surface area contributed by atoms with Gasteiger partial charge in [0.25, 0.3) is 10.1 Å². The fourth-order valence-electron chi connectivity index (χ4n) is 3.34. The molecule has 0 aliphatic carbocycles. The molecule has 182 valence electrons. The number of ether oxygens (including phenoxy) is 1. The summed E-state index contributed by atoms with van der Waals surface area (Å²) in [5.74, 6) is 0.676. The lowest BCUT2D eigenvalue weighted by Crippen LogP contribution is -2.10. The monoisotopic (exact) mass is 492 g/mol. The van der Waals surface area contributed by atoms with Crippen molar-refractivity contribution in [3.63, 3.8) is 0 Å². The van der Waals surface area contributed by atoms with Crippen molar-refractivity contribution in [1.82, 2.24) is 15.0 Å². The van der Waals surface area contributed by atoms with Crippen LogP contribution in [-0.2, 0) is 14.3 Å². The third-order valence-corrected chi connectivity index (χ3v) is 6.71. The number of aryl methyl sites for hydroxylation is 1. The molecule has 0 radical (unpaired) electrons. The SMILES string of the molecule is Cc1ccc(S(=O)(=O)OCCCOc2ccc(-n3cc(-c4ccc(N(C)C)cc4)nn3)cc2)cc1. The zero-order chi connectivity index (χ0) is 24.8. The first-order chi connectivity index (χ1) is 16.8. The molecular weight excluding hydrogens is 464 g/mol. The molecule has 0 fully saturated rings. The highest BCUT2D eigenvalue weighted by molar-refractivity contribution is 7.86. The average molecular weight is 493 g/mol. The van der Waals surface area contributed by atoms with E-state index < -0.39 is 10.1 Å². The first-order valence-corrected chi connectivity index (χ1v) is 12.6. The molecule has 0 amide bonds. The van der Waals surface area contributed by atoms with Gasteiger partial charge >= 0.3 is 0 Å². The van der Waals surface area contributed by atoms with Crippen molar-refractivity contribution in [3.05, 3.63) is 84.6 Å². The molecule has 0 saturated heterocycles. The van der Waals surface area contributed by atoms with Gasteiger partial charge in [-0.05, 0) is 55.5 Å². The Labute approximate surface area is 205 Å². The maximum atomic E-state index is 12.2. The minimum atomic E-state index is -3.76. The van der Waals surface area contributed by atoms with Crippen LogP contribution in [0.3, 0.4) is 0 Å². The lowest BCUT2D eigenvalue weighted by Gasteiger charge is -2.11. The molecule has 8 nitrogen and oxygen atoms in total. The molecule has 0 unspecified atom stereocenters. The third-order valence-electron chi connectivity index (χ3n) is 5.38. The molecule has 4 rings (SSSR count). The largest absolute Gasteiger partial charge is 0.494 e. The summed E-state index contributed by atoms with van der Waals surface area (Å²) in [7, 11) is 0.251. The number of nitrogens with zero attached hydrogens (tertiary/aromatic N) is 4. The molecule has 0 N–H and O–H groups in total. The van der Waals surface area contributed by atoms with Crippen molar-refractivity contribution in [2.75, 3.05) is 32.2 Å². The van der Waals surface area contributed by atoms with E-state index in [0.29, 0.717) is 18.8 Å². The molecule has 0 saturated carbocycles. The van der Waals surface area contributed by atoms with Gasteiger partial charge < -0.3 is 9.64 Å². The lowest BCUT2D eigenvalue weighted by molar-refractivity contribution is 0.250. The molecule has 0 aliphatic heterocycles. The Bertz CT molecular complexity index is 1350. The Balaban J connectivity index is 1.27. The van der Waals surface area contributed by atoms with Crippen molar-refractivity contribution in [3.8, 4) is 22.7 Å². The van der Waals surface area contributed by atoms with Gasteiger partial charge in [0.05, 0.1) is 30.0 Å². The van der Waals surface area contributed by atoms with Gasteiger partial charge in [-0.1, -0.05) is 35.0 Å². The smallest absolute Gasteiger partial charge is 0.296 e. The second kappa shape index (κ2) is 10.7. The first kappa shape index (κ1) is 24.4. The fourth-order valence-corrected chi connectivity index (χ4v) is 4.28. The van der Waals surface area contributed by atoms with E-state index >= 15 is 0 Å². The number of benzene rings is 3. The van der Waals surface area contributed by atoms with Crippen LogP contribution in [0.15, 0.2) is 83.9 Å². The Morgan fingerprint density at radius 2 is 1.57 bits per heavy atom. The van der Waals surface area contributed by atoms with Crippen LogP contribution in [0.2, 0.25) is 0 Å². The summed E-state index contributed by atoms with van der Waals surface area (Å²) in [6, 6.07) is 22.2. The number of hydrogen-bond acceptors (Lipinski definition) is 7. The Kier molecular flexibility index (Phi) is 7.48. The molecule has 0 atom stereocenters. The summed E-state index contributed by atoms with van der Waals surface area (Å²) >= 11 is 0. The molecular formula is C26H28N4O4S. The number of aromatic nitrogens is 3. The van der Waals surface area contributed by atoms with Gasteiger partial charge in [0.1, 0.15) is 11.4 Å². The number of rotatable bonds is 10. The highest BCUT2D eigenvalue weighted by atomic mass is 32.2. The van der Waals surface area contributed by atoms with Crippen LogP contribution in [0.25, 0.3) is 16.9 Å². The van der Waals surface area contributed by atoms with Crippen LogP contribution in [0.4, 0.5) is 5.69 Å². The third kappa shape index (κ3) is 6.26. The van der Waals surface area contributed by atoms with Crippen LogP contribution >= 0.6 is 0 Å². The Morgan fingerprint density at radius 3 is 2.23 bits per heavy atom. The zero-order valence-electron chi connectivity index (χ0n) is 20.0. The standard InChI is InChI=1S/C26H28N4O4S/c1-20-5-15-25(16-6-20)35(31,32)34-18-4-17-33-24-13-11-23(12-14-24)30-19-26(27-28-30)21-7-9-22(10-8-21)29(2)3/h5-16,19H,4,17-18H2,1-3H3. The van der Waals surface area contributed by atoms with E-state index in [0.717, 1.165) is 28.2 Å². The molecule has 35 heavy (non-hydrogen) atoms. The second-order valence-corrected chi connectivity index (χ2v) is 9.89. The summed E-state index contributed by atoms with van der Waals surface area (Å²) in [5, 5.41) is 8.51. The van der Waals surface area contributed by atoms with Gasteiger partial charge in [0.15, 0.2) is 0 Å². The maximum absolute atomic E-state index is 12.2. The highest BCUT2D eigenvalue weighted by Gasteiger charge is 2.14. The van der Waals surface area contributed by atoms with Gasteiger partial charge in [0, 0.05) is 31.8 Å². The molecule has 4 aromatic rings. The summed E-state index contributed by atoms with van der Waals surface area (Å²) in [4.78, 5) is 2.20. The van der Waals surface area contributed by atoms with Gasteiger partial charge in [-0.25, -0.2) is 4.68 Å². The van der Waals surface area contributed by atoms with Crippen molar-refractivity contribution in [1.29, 1.82) is 0 Å². The van der Waals surface area contributed by atoms with E-state index in [1.54, 1.807) is 28.9 Å². The molecule has 9 heteroatoms. The summed E-state index contributed by atoms with van der Waals surface area (Å²) in [6.07, 6.45) is 2.32.